The van der Waals surface area contributed by atoms with Gasteiger partial charge in [-0.3, -0.25) is 0 Å². The van der Waals surface area contributed by atoms with Gasteiger partial charge in [0.1, 0.15) is 5.75 Å². The highest BCUT2D eigenvalue weighted by Gasteiger charge is 2.09. The number of hydrogen-bond donors (Lipinski definition) is 0. The fraction of sp³-hybridized carbons (Fsp3) is 0.400. The van der Waals surface area contributed by atoms with Gasteiger partial charge in [-0.25, -0.2) is 0 Å². The van der Waals surface area contributed by atoms with Crippen LogP contribution in [-0.2, 0) is 6.42 Å². The molecular weight excluding hydrogens is 210 g/mol. The van der Waals surface area contributed by atoms with E-state index in [4.69, 9.17) is 11.6 Å². The lowest BCUT2D eigenvalue weighted by Gasteiger charge is -2.09. The second-order valence-corrected chi connectivity index (χ2v) is 3.32. The molecule has 0 heterocycles. The molecule has 0 N–H and O–H groups in total. The molecule has 1 rings (SSSR count). The van der Waals surface area contributed by atoms with Crippen molar-refractivity contribution in [3.63, 3.8) is 0 Å². The Balaban J connectivity index is 2.89. The fourth-order valence-corrected chi connectivity index (χ4v) is 1.42. The lowest BCUT2D eigenvalue weighted by molar-refractivity contribution is -0.0504. The van der Waals surface area contributed by atoms with Crippen molar-refractivity contribution in [2.75, 3.05) is 0 Å². The molecule has 4 heteroatoms. The molecule has 0 aliphatic carbocycles. The van der Waals surface area contributed by atoms with Crippen LogP contribution < -0.4 is 4.74 Å². The van der Waals surface area contributed by atoms with Gasteiger partial charge in [-0.15, -0.1) is 0 Å². The molecule has 0 bridgehead atoms. The molecular formula is C10H11ClF2O. The van der Waals surface area contributed by atoms with Crippen LogP contribution in [0.1, 0.15) is 18.9 Å². The lowest BCUT2D eigenvalue weighted by atomic mass is 10.1. The molecule has 0 aromatic heterocycles. The Morgan fingerprint density at radius 1 is 1.43 bits per heavy atom. The number of aryl methyl sites for hydroxylation is 1. The van der Waals surface area contributed by atoms with Gasteiger partial charge in [-0.2, -0.15) is 8.78 Å². The predicted octanol–water partition coefficient (Wildman–Crippen LogP) is 3.89. The molecule has 0 fully saturated rings. The third kappa shape index (κ3) is 3.14. The van der Waals surface area contributed by atoms with E-state index < -0.39 is 6.61 Å². The molecule has 14 heavy (non-hydrogen) atoms. The molecule has 0 saturated carbocycles. The van der Waals surface area contributed by atoms with Crippen molar-refractivity contribution in [1.82, 2.24) is 0 Å². The molecule has 0 aliphatic rings. The molecule has 1 aromatic rings. The highest BCUT2D eigenvalue weighted by molar-refractivity contribution is 6.30. The molecule has 0 saturated heterocycles. The zero-order chi connectivity index (χ0) is 10.6. The van der Waals surface area contributed by atoms with Gasteiger partial charge in [-0.05, 0) is 30.2 Å². The second-order valence-electron chi connectivity index (χ2n) is 2.88. The van der Waals surface area contributed by atoms with E-state index in [1.807, 2.05) is 6.92 Å². The number of hydrogen-bond acceptors (Lipinski definition) is 1. The van der Waals surface area contributed by atoms with Gasteiger partial charge in [0.2, 0.25) is 0 Å². The maximum Gasteiger partial charge on any atom is 0.387 e. The van der Waals surface area contributed by atoms with Crippen molar-refractivity contribution in [2.24, 2.45) is 0 Å². The van der Waals surface area contributed by atoms with E-state index in [0.717, 1.165) is 12.0 Å². The van der Waals surface area contributed by atoms with Crippen molar-refractivity contribution in [3.05, 3.63) is 28.8 Å². The van der Waals surface area contributed by atoms with Crippen LogP contribution >= 0.6 is 11.6 Å². The van der Waals surface area contributed by atoms with Crippen LogP contribution in [0.5, 0.6) is 5.75 Å². The Hall–Kier alpha value is -0.830. The van der Waals surface area contributed by atoms with Crippen molar-refractivity contribution < 1.29 is 13.5 Å². The largest absolute Gasteiger partial charge is 0.435 e. The van der Waals surface area contributed by atoms with Crippen molar-refractivity contribution in [2.45, 2.75) is 26.4 Å². The minimum atomic E-state index is -2.79. The summed E-state index contributed by atoms with van der Waals surface area (Å²) in [5.74, 6) is 0.214. The van der Waals surface area contributed by atoms with Gasteiger partial charge in [-0.1, -0.05) is 24.9 Å². The highest BCUT2D eigenvalue weighted by atomic mass is 35.5. The average molecular weight is 221 g/mol. The summed E-state index contributed by atoms with van der Waals surface area (Å²) in [6, 6.07) is 4.67. The molecule has 0 atom stereocenters. The normalized spacial score (nSPS) is 10.6. The van der Waals surface area contributed by atoms with E-state index in [1.165, 1.54) is 6.07 Å². The quantitative estimate of drug-likeness (QED) is 0.748. The summed E-state index contributed by atoms with van der Waals surface area (Å²) in [6.45, 7) is -0.820. The molecule has 0 aliphatic heterocycles. The number of benzene rings is 1. The Bertz CT molecular complexity index is 302. The van der Waals surface area contributed by atoms with Crippen LogP contribution in [0.15, 0.2) is 18.2 Å². The molecule has 1 aromatic carbocycles. The van der Waals surface area contributed by atoms with Gasteiger partial charge in [0.15, 0.2) is 0 Å². The van der Waals surface area contributed by atoms with E-state index >= 15 is 0 Å². The number of ether oxygens (including phenoxy) is 1. The highest BCUT2D eigenvalue weighted by Crippen LogP contribution is 2.25. The summed E-state index contributed by atoms with van der Waals surface area (Å²) < 4.78 is 28.3. The Morgan fingerprint density at radius 3 is 2.71 bits per heavy atom. The van der Waals surface area contributed by atoms with Gasteiger partial charge in [0.05, 0.1) is 0 Å². The lowest BCUT2D eigenvalue weighted by Crippen LogP contribution is -2.04. The van der Waals surface area contributed by atoms with E-state index in [2.05, 4.69) is 4.74 Å². The molecule has 0 unspecified atom stereocenters. The summed E-state index contributed by atoms with van der Waals surface area (Å²) >= 11 is 5.75. The van der Waals surface area contributed by atoms with Crippen LogP contribution in [0.2, 0.25) is 5.02 Å². The van der Waals surface area contributed by atoms with E-state index in [-0.39, 0.29) is 5.75 Å². The monoisotopic (exact) mass is 220 g/mol. The Morgan fingerprint density at radius 2 is 2.14 bits per heavy atom. The second kappa shape index (κ2) is 5.15. The summed E-state index contributed by atoms with van der Waals surface area (Å²) in [4.78, 5) is 0. The third-order valence-corrected chi connectivity index (χ3v) is 1.99. The first-order valence-electron chi connectivity index (χ1n) is 4.36. The average Bonchev–Trinajstić information content (AvgIpc) is 2.09. The number of alkyl halides is 2. The SMILES string of the molecule is CCCc1cc(Cl)ccc1OC(F)F. The van der Waals surface area contributed by atoms with E-state index in [1.54, 1.807) is 12.1 Å². The Kier molecular flexibility index (Phi) is 4.14. The Labute approximate surface area is 86.6 Å². The molecule has 1 nitrogen and oxygen atoms in total. The number of rotatable bonds is 4. The van der Waals surface area contributed by atoms with Crippen LogP contribution in [0, 0.1) is 0 Å². The van der Waals surface area contributed by atoms with Crippen LogP contribution in [0.4, 0.5) is 8.78 Å². The van der Waals surface area contributed by atoms with E-state index in [9.17, 15) is 8.78 Å². The van der Waals surface area contributed by atoms with Gasteiger partial charge < -0.3 is 4.74 Å². The molecule has 0 amide bonds. The molecule has 78 valence electrons. The van der Waals surface area contributed by atoms with Crippen molar-refractivity contribution in [3.8, 4) is 5.75 Å². The summed E-state index contributed by atoms with van der Waals surface area (Å²) in [5.41, 5.74) is 0.723. The van der Waals surface area contributed by atoms with Crippen LogP contribution in [0.25, 0.3) is 0 Å². The first kappa shape index (κ1) is 11.2. The standard InChI is InChI=1S/C10H11ClF2O/c1-2-3-7-6-8(11)4-5-9(7)14-10(12)13/h4-6,10H,2-3H2,1H3. The number of halogens is 3. The molecule has 0 radical (unpaired) electrons. The summed E-state index contributed by atoms with van der Waals surface area (Å²) in [5, 5.41) is 0.537. The van der Waals surface area contributed by atoms with E-state index in [0.29, 0.717) is 11.4 Å². The molecule has 0 spiro atoms. The first-order valence-corrected chi connectivity index (χ1v) is 4.74. The zero-order valence-corrected chi connectivity index (χ0v) is 8.52. The maximum absolute atomic E-state index is 12.0. The van der Waals surface area contributed by atoms with Crippen LogP contribution in [0.3, 0.4) is 0 Å². The predicted molar refractivity (Wildman–Crippen MR) is 52.1 cm³/mol. The van der Waals surface area contributed by atoms with Gasteiger partial charge >= 0.3 is 6.61 Å². The first-order chi connectivity index (χ1) is 6.63. The summed E-state index contributed by atoms with van der Waals surface area (Å²) in [7, 11) is 0. The smallest absolute Gasteiger partial charge is 0.387 e. The fourth-order valence-electron chi connectivity index (χ4n) is 1.22. The van der Waals surface area contributed by atoms with Crippen molar-refractivity contribution >= 4 is 11.6 Å². The minimum absolute atomic E-state index is 0.214. The van der Waals surface area contributed by atoms with Crippen molar-refractivity contribution in [1.29, 1.82) is 0 Å². The maximum atomic E-state index is 12.0. The van der Waals surface area contributed by atoms with Gasteiger partial charge in [0, 0.05) is 5.02 Å². The third-order valence-electron chi connectivity index (χ3n) is 1.76. The minimum Gasteiger partial charge on any atom is -0.435 e. The topological polar surface area (TPSA) is 9.23 Å². The van der Waals surface area contributed by atoms with Gasteiger partial charge in [0.25, 0.3) is 0 Å². The zero-order valence-electron chi connectivity index (χ0n) is 7.77. The summed E-state index contributed by atoms with van der Waals surface area (Å²) in [6.07, 6.45) is 1.54. The van der Waals surface area contributed by atoms with Crippen LogP contribution in [-0.4, -0.2) is 6.61 Å².